The van der Waals surface area contributed by atoms with Gasteiger partial charge in [-0.2, -0.15) is 5.10 Å². The zero-order valence-corrected chi connectivity index (χ0v) is 14.2. The lowest BCUT2D eigenvalue weighted by atomic mass is 9.91. The minimum Gasteiger partial charge on any atom is -0.378 e. The van der Waals surface area contributed by atoms with Crippen LogP contribution in [0.5, 0.6) is 0 Å². The van der Waals surface area contributed by atoms with Crippen LogP contribution in [0, 0.1) is 0 Å². The highest BCUT2D eigenvalue weighted by atomic mass is 16.2. The number of carbonyl (C=O) groups excluding carboxylic acids is 1. The monoisotopic (exact) mass is 319 g/mol. The number of rotatable bonds is 4. The molecule has 2 aromatic rings. The highest BCUT2D eigenvalue weighted by Gasteiger charge is 2.27. The SMILES string of the molecule is CC(C1=NNC(=O)/C1=C/c1ccc(N(C)C)cc1)c1ccccc1. The van der Waals surface area contributed by atoms with Gasteiger partial charge in [0.1, 0.15) is 0 Å². The molecule has 1 amide bonds. The first-order valence-electron chi connectivity index (χ1n) is 7.98. The number of amides is 1. The molecule has 3 rings (SSSR count). The summed E-state index contributed by atoms with van der Waals surface area (Å²) >= 11 is 0. The molecular formula is C20H21N3O. The Morgan fingerprint density at radius 2 is 1.71 bits per heavy atom. The topological polar surface area (TPSA) is 44.7 Å². The maximum atomic E-state index is 12.2. The van der Waals surface area contributed by atoms with E-state index in [2.05, 4.69) is 29.6 Å². The predicted molar refractivity (Wildman–Crippen MR) is 99.2 cm³/mol. The number of hydrazone groups is 1. The van der Waals surface area contributed by atoms with Crippen molar-refractivity contribution < 1.29 is 4.79 Å². The molecule has 24 heavy (non-hydrogen) atoms. The number of anilines is 1. The van der Waals surface area contributed by atoms with Crippen molar-refractivity contribution >= 4 is 23.4 Å². The first-order chi connectivity index (χ1) is 11.6. The lowest BCUT2D eigenvalue weighted by Crippen LogP contribution is -2.15. The second kappa shape index (κ2) is 6.71. The molecule has 1 aliphatic rings. The van der Waals surface area contributed by atoms with E-state index in [0.717, 1.165) is 22.5 Å². The lowest BCUT2D eigenvalue weighted by Gasteiger charge is -2.13. The van der Waals surface area contributed by atoms with Gasteiger partial charge >= 0.3 is 0 Å². The minimum atomic E-state index is -0.149. The van der Waals surface area contributed by atoms with Crippen LogP contribution in [-0.4, -0.2) is 25.7 Å². The Morgan fingerprint density at radius 1 is 1.04 bits per heavy atom. The maximum Gasteiger partial charge on any atom is 0.273 e. The second-order valence-electron chi connectivity index (χ2n) is 6.11. The van der Waals surface area contributed by atoms with Crippen molar-refractivity contribution in [1.29, 1.82) is 0 Å². The number of nitrogens with zero attached hydrogens (tertiary/aromatic N) is 2. The Bertz CT molecular complexity index is 789. The average molecular weight is 319 g/mol. The summed E-state index contributed by atoms with van der Waals surface area (Å²) in [6, 6.07) is 18.2. The van der Waals surface area contributed by atoms with Crippen LogP contribution in [0.25, 0.3) is 6.08 Å². The molecule has 122 valence electrons. The van der Waals surface area contributed by atoms with Gasteiger partial charge in [0.25, 0.3) is 5.91 Å². The summed E-state index contributed by atoms with van der Waals surface area (Å²) < 4.78 is 0. The number of benzene rings is 2. The Balaban J connectivity index is 1.90. The zero-order valence-electron chi connectivity index (χ0n) is 14.2. The quantitative estimate of drug-likeness (QED) is 0.878. The highest BCUT2D eigenvalue weighted by Crippen LogP contribution is 2.25. The molecule has 0 saturated heterocycles. The zero-order chi connectivity index (χ0) is 17.1. The van der Waals surface area contributed by atoms with Crippen molar-refractivity contribution in [2.75, 3.05) is 19.0 Å². The van der Waals surface area contributed by atoms with Crippen LogP contribution in [0.2, 0.25) is 0 Å². The molecule has 0 spiro atoms. The van der Waals surface area contributed by atoms with Gasteiger partial charge in [-0.1, -0.05) is 49.4 Å². The molecule has 0 radical (unpaired) electrons. The van der Waals surface area contributed by atoms with Crippen molar-refractivity contribution in [2.45, 2.75) is 12.8 Å². The van der Waals surface area contributed by atoms with Crippen molar-refractivity contribution in [3.05, 3.63) is 71.3 Å². The molecule has 0 fully saturated rings. The summed E-state index contributed by atoms with van der Waals surface area (Å²) in [5, 5.41) is 4.26. The van der Waals surface area contributed by atoms with Crippen LogP contribution in [0.15, 0.2) is 65.3 Å². The van der Waals surface area contributed by atoms with Crippen LogP contribution in [0.4, 0.5) is 5.69 Å². The molecule has 1 aliphatic heterocycles. The van der Waals surface area contributed by atoms with E-state index in [1.165, 1.54) is 0 Å². The molecule has 1 heterocycles. The number of hydrogen-bond acceptors (Lipinski definition) is 3. The van der Waals surface area contributed by atoms with Crippen LogP contribution >= 0.6 is 0 Å². The Hall–Kier alpha value is -2.88. The molecule has 4 nitrogen and oxygen atoms in total. The van der Waals surface area contributed by atoms with Gasteiger partial charge in [-0.3, -0.25) is 4.79 Å². The van der Waals surface area contributed by atoms with E-state index < -0.39 is 0 Å². The first-order valence-corrected chi connectivity index (χ1v) is 7.98. The van der Waals surface area contributed by atoms with Crippen LogP contribution in [-0.2, 0) is 4.79 Å². The van der Waals surface area contributed by atoms with Gasteiger partial charge in [0.2, 0.25) is 0 Å². The fraction of sp³-hybridized carbons (Fsp3) is 0.200. The van der Waals surface area contributed by atoms with E-state index in [-0.39, 0.29) is 11.8 Å². The molecule has 1 N–H and O–H groups in total. The molecule has 0 saturated carbocycles. The molecule has 0 aromatic heterocycles. The van der Waals surface area contributed by atoms with Gasteiger partial charge in [-0.05, 0) is 29.3 Å². The molecule has 1 unspecified atom stereocenters. The fourth-order valence-corrected chi connectivity index (χ4v) is 2.75. The van der Waals surface area contributed by atoms with E-state index in [4.69, 9.17) is 0 Å². The molecule has 0 aliphatic carbocycles. The summed E-state index contributed by atoms with van der Waals surface area (Å²) in [7, 11) is 4.01. The van der Waals surface area contributed by atoms with Crippen LogP contribution in [0.1, 0.15) is 24.0 Å². The summed E-state index contributed by atoms with van der Waals surface area (Å²) in [5.41, 5.74) is 7.25. The maximum absolute atomic E-state index is 12.2. The lowest BCUT2D eigenvalue weighted by molar-refractivity contribution is -0.116. The first kappa shape index (κ1) is 16.0. The van der Waals surface area contributed by atoms with Gasteiger partial charge in [0, 0.05) is 25.7 Å². The summed E-state index contributed by atoms with van der Waals surface area (Å²) in [4.78, 5) is 14.2. The third-order valence-corrected chi connectivity index (χ3v) is 4.23. The van der Waals surface area contributed by atoms with E-state index >= 15 is 0 Å². The van der Waals surface area contributed by atoms with E-state index in [1.807, 2.05) is 67.5 Å². The summed E-state index contributed by atoms with van der Waals surface area (Å²) in [6.07, 6.45) is 1.90. The molecule has 1 atom stereocenters. The Labute approximate surface area is 142 Å². The largest absolute Gasteiger partial charge is 0.378 e. The average Bonchev–Trinajstić information content (AvgIpc) is 2.96. The highest BCUT2D eigenvalue weighted by molar-refractivity contribution is 6.29. The van der Waals surface area contributed by atoms with Crippen LogP contribution < -0.4 is 10.3 Å². The predicted octanol–water partition coefficient (Wildman–Crippen LogP) is 3.43. The smallest absolute Gasteiger partial charge is 0.273 e. The Kier molecular flexibility index (Phi) is 4.47. The van der Waals surface area contributed by atoms with Gasteiger partial charge in [-0.25, -0.2) is 5.43 Å². The van der Waals surface area contributed by atoms with Crippen molar-refractivity contribution in [2.24, 2.45) is 5.10 Å². The molecule has 0 bridgehead atoms. The third kappa shape index (κ3) is 3.23. The normalized spacial score (nSPS) is 16.7. The second-order valence-corrected chi connectivity index (χ2v) is 6.11. The summed E-state index contributed by atoms with van der Waals surface area (Å²) in [6.45, 7) is 2.07. The molecular weight excluding hydrogens is 298 g/mol. The summed E-state index contributed by atoms with van der Waals surface area (Å²) in [5.74, 6) is -0.0954. The van der Waals surface area contributed by atoms with Gasteiger partial charge in [0.05, 0.1) is 11.3 Å². The van der Waals surface area contributed by atoms with Gasteiger partial charge < -0.3 is 4.90 Å². The van der Waals surface area contributed by atoms with Crippen molar-refractivity contribution in [3.63, 3.8) is 0 Å². The third-order valence-electron chi connectivity index (χ3n) is 4.23. The number of hydrogen-bond donors (Lipinski definition) is 1. The molecule has 2 aromatic carbocycles. The van der Waals surface area contributed by atoms with E-state index in [9.17, 15) is 4.79 Å². The van der Waals surface area contributed by atoms with Gasteiger partial charge in [0.15, 0.2) is 0 Å². The number of carbonyl (C=O) groups is 1. The molecule has 4 heteroatoms. The number of nitrogens with one attached hydrogen (secondary N) is 1. The Morgan fingerprint density at radius 3 is 2.33 bits per heavy atom. The van der Waals surface area contributed by atoms with Gasteiger partial charge in [-0.15, -0.1) is 0 Å². The van der Waals surface area contributed by atoms with Crippen LogP contribution in [0.3, 0.4) is 0 Å². The van der Waals surface area contributed by atoms with E-state index in [1.54, 1.807) is 0 Å². The standard InChI is InChI=1S/C20H21N3O/c1-14(16-7-5-4-6-8-16)19-18(20(24)22-21-19)13-15-9-11-17(12-10-15)23(2)3/h4-14H,1-3H3,(H,22,24)/b18-13+. The minimum absolute atomic E-state index is 0.0532. The van der Waals surface area contributed by atoms with Crippen molar-refractivity contribution in [1.82, 2.24) is 5.43 Å². The van der Waals surface area contributed by atoms with Crippen molar-refractivity contribution in [3.8, 4) is 0 Å². The fourth-order valence-electron chi connectivity index (χ4n) is 2.75. The van der Waals surface area contributed by atoms with E-state index in [0.29, 0.717) is 5.57 Å².